The molecule has 3 nitrogen and oxygen atoms in total. The molecule has 0 amide bonds. The summed E-state index contributed by atoms with van der Waals surface area (Å²) in [6.07, 6.45) is 3.77. The number of nitrogens with zero attached hydrogens (tertiary/aromatic N) is 3. The smallest absolute Gasteiger partial charge is 0.0625 e. The van der Waals surface area contributed by atoms with Gasteiger partial charge in [0.15, 0.2) is 0 Å². The highest BCUT2D eigenvalue weighted by Gasteiger charge is 2.29. The molecule has 2 rings (SSSR count). The first kappa shape index (κ1) is 13.1. The number of halogens is 1. The molecule has 0 aromatic carbocycles. The quantitative estimate of drug-likeness (QED) is 0.722. The van der Waals surface area contributed by atoms with Gasteiger partial charge in [0.05, 0.1) is 11.4 Å². The second-order valence-electron chi connectivity index (χ2n) is 4.69. The van der Waals surface area contributed by atoms with E-state index in [-0.39, 0.29) is 0 Å². The lowest BCUT2D eigenvalue weighted by molar-refractivity contribution is 0.263. The van der Waals surface area contributed by atoms with Crippen molar-refractivity contribution >= 4 is 15.9 Å². The van der Waals surface area contributed by atoms with Crippen molar-refractivity contribution in [3.63, 3.8) is 0 Å². The Bertz CT molecular complexity index is 358. The molecule has 1 aliphatic rings. The van der Waals surface area contributed by atoms with Gasteiger partial charge >= 0.3 is 0 Å². The third-order valence-corrected chi connectivity index (χ3v) is 3.73. The average molecular weight is 300 g/mol. The fraction of sp³-hybridized carbons (Fsp3) is 0.769. The summed E-state index contributed by atoms with van der Waals surface area (Å²) in [5, 5.41) is 5.68. The highest BCUT2D eigenvalue weighted by Crippen LogP contribution is 2.28. The molecule has 1 saturated carbocycles. The number of hydrogen-bond acceptors (Lipinski definition) is 2. The predicted octanol–water partition coefficient (Wildman–Crippen LogP) is 2.82. The summed E-state index contributed by atoms with van der Waals surface area (Å²) in [5.41, 5.74) is 2.59. The van der Waals surface area contributed by atoms with Gasteiger partial charge in [-0.05, 0) is 32.3 Å². The molecule has 0 bridgehead atoms. The Morgan fingerprint density at radius 3 is 2.76 bits per heavy atom. The average Bonchev–Trinajstić information content (AvgIpc) is 3.10. The third kappa shape index (κ3) is 3.32. The summed E-state index contributed by atoms with van der Waals surface area (Å²) in [6, 6.07) is 3.09. The van der Waals surface area contributed by atoms with Crippen molar-refractivity contribution < 1.29 is 0 Å². The molecule has 0 saturated heterocycles. The van der Waals surface area contributed by atoms with Gasteiger partial charge in [0.2, 0.25) is 0 Å². The topological polar surface area (TPSA) is 21.1 Å². The van der Waals surface area contributed by atoms with Crippen LogP contribution in [0.2, 0.25) is 0 Å². The molecule has 1 aromatic heterocycles. The largest absolute Gasteiger partial charge is 0.294 e. The van der Waals surface area contributed by atoms with Gasteiger partial charge in [-0.25, -0.2) is 0 Å². The van der Waals surface area contributed by atoms with E-state index in [1.807, 2.05) is 0 Å². The first-order valence-electron chi connectivity index (χ1n) is 6.64. The molecule has 1 aromatic rings. The normalized spacial score (nSPS) is 15.8. The molecule has 1 heterocycles. The summed E-state index contributed by atoms with van der Waals surface area (Å²) >= 11 is 3.55. The van der Waals surface area contributed by atoms with Crippen LogP contribution >= 0.6 is 15.9 Å². The number of hydrogen-bond donors (Lipinski definition) is 0. The van der Waals surface area contributed by atoms with Crippen molar-refractivity contribution in [3.05, 3.63) is 17.5 Å². The lowest BCUT2D eigenvalue weighted by Crippen LogP contribution is -2.28. The third-order valence-electron chi connectivity index (χ3n) is 3.38. The van der Waals surface area contributed by atoms with Crippen LogP contribution in [0.3, 0.4) is 0 Å². The molecule has 17 heavy (non-hydrogen) atoms. The fourth-order valence-corrected chi connectivity index (χ4v) is 2.69. The highest BCUT2D eigenvalue weighted by atomic mass is 79.9. The van der Waals surface area contributed by atoms with Crippen LogP contribution in [0.25, 0.3) is 0 Å². The lowest BCUT2D eigenvalue weighted by atomic mass is 10.3. The summed E-state index contributed by atoms with van der Waals surface area (Å²) in [4.78, 5) is 2.58. The van der Waals surface area contributed by atoms with Crippen molar-refractivity contribution in [2.45, 2.75) is 52.2 Å². The number of alkyl halides is 1. The molecule has 0 aliphatic heterocycles. The Morgan fingerprint density at radius 1 is 1.47 bits per heavy atom. The lowest BCUT2D eigenvalue weighted by Gasteiger charge is -2.20. The van der Waals surface area contributed by atoms with Gasteiger partial charge in [-0.2, -0.15) is 5.10 Å². The van der Waals surface area contributed by atoms with E-state index in [4.69, 9.17) is 0 Å². The molecule has 0 spiro atoms. The number of rotatable bonds is 7. The van der Waals surface area contributed by atoms with Crippen molar-refractivity contribution in [1.29, 1.82) is 0 Å². The first-order chi connectivity index (χ1) is 8.28. The van der Waals surface area contributed by atoms with Crippen molar-refractivity contribution in [3.8, 4) is 0 Å². The van der Waals surface area contributed by atoms with Crippen LogP contribution in [0.15, 0.2) is 6.07 Å². The Morgan fingerprint density at radius 2 is 2.24 bits per heavy atom. The van der Waals surface area contributed by atoms with Gasteiger partial charge in [0.1, 0.15) is 0 Å². The van der Waals surface area contributed by atoms with Crippen LogP contribution in [0, 0.1) is 0 Å². The molecule has 0 N–H and O–H groups in total. The first-order valence-corrected chi connectivity index (χ1v) is 7.76. The summed E-state index contributed by atoms with van der Waals surface area (Å²) in [5.74, 6) is 0. The molecular formula is C13H22BrN3. The van der Waals surface area contributed by atoms with E-state index in [1.54, 1.807) is 0 Å². The zero-order valence-electron chi connectivity index (χ0n) is 10.8. The van der Waals surface area contributed by atoms with E-state index in [0.717, 1.165) is 37.4 Å². The Hall–Kier alpha value is -0.350. The van der Waals surface area contributed by atoms with Crippen molar-refractivity contribution in [2.75, 3.05) is 11.9 Å². The van der Waals surface area contributed by atoms with Gasteiger partial charge in [-0.15, -0.1) is 0 Å². The van der Waals surface area contributed by atoms with Crippen LogP contribution in [0.4, 0.5) is 0 Å². The zero-order valence-corrected chi connectivity index (χ0v) is 12.4. The van der Waals surface area contributed by atoms with E-state index in [0.29, 0.717) is 0 Å². The minimum Gasteiger partial charge on any atom is -0.294 e. The maximum atomic E-state index is 4.62. The van der Waals surface area contributed by atoms with E-state index < -0.39 is 0 Å². The van der Waals surface area contributed by atoms with Crippen LogP contribution in [0.5, 0.6) is 0 Å². The summed E-state index contributed by atoms with van der Waals surface area (Å²) in [7, 11) is 0. The summed E-state index contributed by atoms with van der Waals surface area (Å²) < 4.78 is 2.16. The highest BCUT2D eigenvalue weighted by molar-refractivity contribution is 9.09. The van der Waals surface area contributed by atoms with Crippen molar-refractivity contribution in [1.82, 2.24) is 14.7 Å². The van der Waals surface area contributed by atoms with Crippen molar-refractivity contribution in [2.24, 2.45) is 0 Å². The summed E-state index contributed by atoms with van der Waals surface area (Å²) in [6.45, 7) is 7.51. The van der Waals surface area contributed by atoms with Gasteiger partial charge in [-0.1, -0.05) is 22.9 Å². The molecule has 0 radical (unpaired) electrons. The van der Waals surface area contributed by atoms with Gasteiger partial charge in [-0.3, -0.25) is 9.58 Å². The van der Waals surface area contributed by atoms with Gasteiger partial charge < -0.3 is 0 Å². The van der Waals surface area contributed by atoms with E-state index >= 15 is 0 Å². The Labute approximate surface area is 112 Å². The van der Waals surface area contributed by atoms with Gasteiger partial charge in [0, 0.05) is 31.0 Å². The van der Waals surface area contributed by atoms with Crippen LogP contribution in [-0.4, -0.2) is 32.6 Å². The SMILES string of the molecule is CCc1cc(CN(CCBr)C2CC2)n(CC)n1. The standard InChI is InChI=1S/C13H22BrN3/c1-3-11-9-13(17(4-2)15-11)10-16(8-7-14)12-5-6-12/h9,12H,3-8,10H2,1-2H3. The molecule has 1 aliphatic carbocycles. The Kier molecular flexibility index (Phi) is 4.62. The monoisotopic (exact) mass is 299 g/mol. The van der Waals surface area contributed by atoms with E-state index in [1.165, 1.54) is 24.2 Å². The predicted molar refractivity (Wildman–Crippen MR) is 74.5 cm³/mol. The molecule has 4 heteroatoms. The van der Waals surface area contributed by atoms with Crippen LogP contribution in [-0.2, 0) is 19.5 Å². The minimum absolute atomic E-state index is 0.817. The maximum absolute atomic E-state index is 4.62. The Balaban J connectivity index is 2.06. The number of aromatic nitrogens is 2. The second kappa shape index (κ2) is 6.01. The zero-order chi connectivity index (χ0) is 12.3. The minimum atomic E-state index is 0.817. The second-order valence-corrected chi connectivity index (χ2v) is 5.48. The van der Waals surface area contributed by atoms with Crippen LogP contribution < -0.4 is 0 Å². The molecule has 0 unspecified atom stereocenters. The molecular weight excluding hydrogens is 278 g/mol. The van der Waals surface area contributed by atoms with E-state index in [9.17, 15) is 0 Å². The van der Waals surface area contributed by atoms with Gasteiger partial charge in [0.25, 0.3) is 0 Å². The maximum Gasteiger partial charge on any atom is 0.0625 e. The molecule has 0 atom stereocenters. The molecule has 1 fully saturated rings. The van der Waals surface area contributed by atoms with E-state index in [2.05, 4.69) is 50.5 Å². The molecule has 96 valence electrons. The number of aryl methyl sites for hydroxylation is 2. The fourth-order valence-electron chi connectivity index (χ4n) is 2.24. The van der Waals surface area contributed by atoms with Crippen LogP contribution in [0.1, 0.15) is 38.1 Å².